The highest BCUT2D eigenvalue weighted by molar-refractivity contribution is 7.89. The van der Waals surface area contributed by atoms with Gasteiger partial charge in [0.25, 0.3) is 0 Å². The van der Waals surface area contributed by atoms with E-state index in [-0.39, 0.29) is 17.1 Å². The molecule has 0 bridgehead atoms. The summed E-state index contributed by atoms with van der Waals surface area (Å²) in [6, 6.07) is 29.2. The van der Waals surface area contributed by atoms with Crippen LogP contribution in [0, 0.1) is 6.92 Å². The van der Waals surface area contributed by atoms with Crippen LogP contribution >= 0.6 is 0 Å². The second-order valence-corrected chi connectivity index (χ2v) is 10.1. The summed E-state index contributed by atoms with van der Waals surface area (Å²) in [7, 11) is -2.70. The van der Waals surface area contributed by atoms with Crippen molar-refractivity contribution in [1.82, 2.24) is 4.72 Å². The molecular formula is C29H28N2O5S. The second kappa shape index (κ2) is 11.7. The molecule has 190 valence electrons. The van der Waals surface area contributed by atoms with Gasteiger partial charge in [-0.2, -0.15) is 4.72 Å². The van der Waals surface area contributed by atoms with Crippen molar-refractivity contribution in [2.75, 3.05) is 12.4 Å². The second-order valence-electron chi connectivity index (χ2n) is 8.42. The average molecular weight is 517 g/mol. The van der Waals surface area contributed by atoms with Crippen LogP contribution in [0.2, 0.25) is 0 Å². The van der Waals surface area contributed by atoms with E-state index < -0.39 is 22.0 Å². The van der Waals surface area contributed by atoms with Crippen molar-refractivity contribution in [3.8, 4) is 17.2 Å². The summed E-state index contributed by atoms with van der Waals surface area (Å²) in [5.74, 6) is 0.711. The summed E-state index contributed by atoms with van der Waals surface area (Å²) in [5.41, 5.74) is 1.97. The summed E-state index contributed by atoms with van der Waals surface area (Å²) in [6.07, 6.45) is 0.141. The zero-order valence-corrected chi connectivity index (χ0v) is 21.4. The van der Waals surface area contributed by atoms with E-state index in [1.54, 1.807) is 55.5 Å². The zero-order chi connectivity index (χ0) is 26.3. The van der Waals surface area contributed by atoms with Gasteiger partial charge in [0.05, 0.1) is 12.8 Å². The fourth-order valence-electron chi connectivity index (χ4n) is 3.78. The Bertz CT molecular complexity index is 1460. The quantitative estimate of drug-likeness (QED) is 0.297. The Morgan fingerprint density at radius 2 is 1.49 bits per heavy atom. The highest BCUT2D eigenvalue weighted by Gasteiger charge is 2.29. The molecule has 2 N–H and O–H groups in total. The first-order chi connectivity index (χ1) is 17.9. The lowest BCUT2D eigenvalue weighted by atomic mass is 10.1. The van der Waals surface area contributed by atoms with E-state index in [0.29, 0.717) is 17.2 Å². The van der Waals surface area contributed by atoms with E-state index >= 15 is 0 Å². The molecule has 7 nitrogen and oxygen atoms in total. The van der Waals surface area contributed by atoms with Gasteiger partial charge in [-0.1, -0.05) is 66.7 Å². The van der Waals surface area contributed by atoms with E-state index in [4.69, 9.17) is 9.47 Å². The Morgan fingerprint density at radius 1 is 0.838 bits per heavy atom. The Balaban J connectivity index is 1.63. The third-order valence-corrected chi connectivity index (χ3v) is 7.11. The van der Waals surface area contributed by atoms with E-state index in [1.165, 1.54) is 13.2 Å². The van der Waals surface area contributed by atoms with Crippen LogP contribution in [0.4, 0.5) is 5.69 Å². The number of para-hydroxylation sites is 3. The number of anilines is 1. The molecule has 0 aliphatic carbocycles. The summed E-state index contributed by atoms with van der Waals surface area (Å²) in [5, 5.41) is 2.84. The maximum atomic E-state index is 13.5. The van der Waals surface area contributed by atoms with Crippen molar-refractivity contribution < 1.29 is 22.7 Å². The van der Waals surface area contributed by atoms with Crippen molar-refractivity contribution >= 4 is 21.6 Å². The number of carbonyl (C=O) groups excluding carboxylic acids is 1. The van der Waals surface area contributed by atoms with Gasteiger partial charge in [-0.25, -0.2) is 8.42 Å². The van der Waals surface area contributed by atoms with Crippen LogP contribution in [0.3, 0.4) is 0 Å². The van der Waals surface area contributed by atoms with Gasteiger partial charge in [0, 0.05) is 0 Å². The molecule has 1 atom stereocenters. The minimum absolute atomic E-state index is 0.0336. The number of nitrogens with one attached hydrogen (secondary N) is 2. The van der Waals surface area contributed by atoms with E-state index in [2.05, 4.69) is 10.0 Å². The molecule has 37 heavy (non-hydrogen) atoms. The van der Waals surface area contributed by atoms with Gasteiger partial charge in [-0.3, -0.25) is 4.79 Å². The maximum absolute atomic E-state index is 13.5. The fraction of sp³-hybridized carbons (Fsp3) is 0.138. The molecule has 4 rings (SSSR count). The molecule has 8 heteroatoms. The standard InChI is InChI=1S/C29H28N2O5S/c1-21-17-18-27(35-2)28(19-21)37(33,34)31-25(20-22-11-5-3-6-12-22)29(32)30-24-15-9-10-16-26(24)36-23-13-7-4-8-14-23/h3-19,25,31H,20H2,1-2H3,(H,30,32)/t25-/m1/s1. The van der Waals surface area contributed by atoms with E-state index in [0.717, 1.165) is 11.1 Å². The predicted molar refractivity (Wildman–Crippen MR) is 144 cm³/mol. The normalized spacial score (nSPS) is 11.9. The number of carbonyl (C=O) groups is 1. The number of benzene rings is 4. The summed E-state index contributed by atoms with van der Waals surface area (Å²) < 4.78 is 40.7. The Labute approximate surface area is 217 Å². The predicted octanol–water partition coefficient (Wildman–Crippen LogP) is 5.32. The topological polar surface area (TPSA) is 93.7 Å². The fourth-order valence-corrected chi connectivity index (χ4v) is 5.23. The van der Waals surface area contributed by atoms with Crippen LogP contribution < -0.4 is 19.5 Å². The van der Waals surface area contributed by atoms with Crippen LogP contribution in [0.15, 0.2) is 108 Å². The zero-order valence-electron chi connectivity index (χ0n) is 20.5. The van der Waals surface area contributed by atoms with Gasteiger partial charge < -0.3 is 14.8 Å². The average Bonchev–Trinajstić information content (AvgIpc) is 2.90. The molecular weight excluding hydrogens is 488 g/mol. The number of sulfonamides is 1. The Hall–Kier alpha value is -4.14. The van der Waals surface area contributed by atoms with Gasteiger partial charge in [0.2, 0.25) is 15.9 Å². The van der Waals surface area contributed by atoms with Crippen molar-refractivity contribution in [2.24, 2.45) is 0 Å². The van der Waals surface area contributed by atoms with Gasteiger partial charge >= 0.3 is 0 Å². The molecule has 0 fully saturated rings. The molecule has 0 radical (unpaired) electrons. The lowest BCUT2D eigenvalue weighted by Gasteiger charge is -2.21. The molecule has 0 unspecified atom stereocenters. The van der Waals surface area contributed by atoms with Crippen LogP contribution in [0.1, 0.15) is 11.1 Å². The Morgan fingerprint density at radius 3 is 2.19 bits per heavy atom. The smallest absolute Gasteiger partial charge is 0.245 e. The van der Waals surface area contributed by atoms with Gasteiger partial charge in [0.15, 0.2) is 5.75 Å². The Kier molecular flexibility index (Phi) is 8.22. The van der Waals surface area contributed by atoms with E-state index in [9.17, 15) is 13.2 Å². The number of hydrogen-bond acceptors (Lipinski definition) is 5. The highest BCUT2D eigenvalue weighted by Crippen LogP contribution is 2.30. The molecule has 0 aromatic heterocycles. The number of hydrogen-bond donors (Lipinski definition) is 2. The first kappa shape index (κ1) is 25.9. The number of rotatable bonds is 10. The number of methoxy groups -OCH3 is 1. The molecule has 0 saturated heterocycles. The third kappa shape index (κ3) is 6.75. The van der Waals surface area contributed by atoms with Crippen LogP contribution in [-0.4, -0.2) is 27.5 Å². The van der Waals surface area contributed by atoms with Crippen molar-refractivity contribution in [1.29, 1.82) is 0 Å². The first-order valence-corrected chi connectivity index (χ1v) is 13.2. The van der Waals surface area contributed by atoms with Crippen molar-refractivity contribution in [2.45, 2.75) is 24.3 Å². The minimum atomic E-state index is -4.11. The first-order valence-electron chi connectivity index (χ1n) is 11.7. The highest BCUT2D eigenvalue weighted by atomic mass is 32.2. The maximum Gasteiger partial charge on any atom is 0.245 e. The van der Waals surface area contributed by atoms with Crippen molar-refractivity contribution in [3.63, 3.8) is 0 Å². The molecule has 4 aromatic carbocycles. The molecule has 0 heterocycles. The molecule has 0 saturated carbocycles. The number of aryl methyl sites for hydroxylation is 1. The van der Waals surface area contributed by atoms with Crippen LogP contribution in [-0.2, 0) is 21.2 Å². The molecule has 4 aromatic rings. The molecule has 1 amide bonds. The van der Waals surface area contributed by atoms with Gasteiger partial charge in [0.1, 0.15) is 22.4 Å². The largest absolute Gasteiger partial charge is 0.495 e. The number of ether oxygens (including phenoxy) is 2. The van der Waals surface area contributed by atoms with E-state index in [1.807, 2.05) is 48.5 Å². The molecule has 0 aliphatic rings. The number of amides is 1. The monoisotopic (exact) mass is 516 g/mol. The SMILES string of the molecule is COc1ccc(C)cc1S(=O)(=O)N[C@H](Cc1ccccc1)C(=O)Nc1ccccc1Oc1ccccc1. The minimum Gasteiger partial charge on any atom is -0.495 e. The summed E-state index contributed by atoms with van der Waals surface area (Å²) in [4.78, 5) is 13.5. The van der Waals surface area contributed by atoms with Crippen LogP contribution in [0.25, 0.3) is 0 Å². The summed E-state index contributed by atoms with van der Waals surface area (Å²) >= 11 is 0. The van der Waals surface area contributed by atoms with Crippen molar-refractivity contribution in [3.05, 3.63) is 114 Å². The lowest BCUT2D eigenvalue weighted by Crippen LogP contribution is -2.45. The lowest BCUT2D eigenvalue weighted by molar-refractivity contribution is -0.117. The summed E-state index contributed by atoms with van der Waals surface area (Å²) in [6.45, 7) is 1.79. The van der Waals surface area contributed by atoms with Gasteiger partial charge in [-0.05, 0) is 60.9 Å². The third-order valence-electron chi connectivity index (χ3n) is 5.62. The van der Waals surface area contributed by atoms with Gasteiger partial charge in [-0.15, -0.1) is 0 Å². The molecule has 0 aliphatic heterocycles. The molecule has 0 spiro atoms. The van der Waals surface area contributed by atoms with Crippen LogP contribution in [0.5, 0.6) is 17.2 Å².